The van der Waals surface area contributed by atoms with Crippen LogP contribution in [0.2, 0.25) is 0 Å². The Labute approximate surface area is 165 Å². The van der Waals surface area contributed by atoms with E-state index in [9.17, 15) is 14.4 Å². The Hall–Kier alpha value is -3.87. The van der Waals surface area contributed by atoms with Crippen LogP contribution in [0, 0.1) is 11.8 Å². The maximum absolute atomic E-state index is 11.9. The van der Waals surface area contributed by atoms with Gasteiger partial charge in [-0.2, -0.15) is 0 Å². The summed E-state index contributed by atoms with van der Waals surface area (Å²) in [4.78, 5) is 35.4. The van der Waals surface area contributed by atoms with Gasteiger partial charge >= 0.3 is 17.9 Å². The molecule has 0 aromatic heterocycles. The Morgan fingerprint density at radius 1 is 0.931 bits per heavy atom. The molecule has 7 heteroatoms. The average Bonchev–Trinajstić information content (AvgIpc) is 3.23. The van der Waals surface area contributed by atoms with Crippen LogP contribution >= 0.6 is 0 Å². The lowest BCUT2D eigenvalue weighted by Crippen LogP contribution is -2.20. The Morgan fingerprint density at radius 2 is 1.72 bits per heavy atom. The van der Waals surface area contributed by atoms with E-state index in [1.807, 2.05) is 12.2 Å². The van der Waals surface area contributed by atoms with Crippen molar-refractivity contribution >= 4 is 17.9 Å². The minimum atomic E-state index is -0.732. The highest BCUT2D eigenvalue weighted by Gasteiger charge is 2.40. The molecule has 2 aliphatic heterocycles. The molecule has 1 saturated heterocycles. The molecule has 0 amide bonds. The average molecular weight is 390 g/mol. The van der Waals surface area contributed by atoms with Gasteiger partial charge in [0.05, 0.1) is 17.4 Å². The van der Waals surface area contributed by atoms with E-state index in [1.54, 1.807) is 42.5 Å². The van der Waals surface area contributed by atoms with E-state index in [0.717, 1.165) is 0 Å². The Morgan fingerprint density at radius 3 is 2.59 bits per heavy atom. The van der Waals surface area contributed by atoms with E-state index < -0.39 is 11.9 Å². The van der Waals surface area contributed by atoms with Crippen molar-refractivity contribution in [1.29, 1.82) is 0 Å². The monoisotopic (exact) mass is 390 g/mol. The summed E-state index contributed by atoms with van der Waals surface area (Å²) < 4.78 is 21.6. The topological polar surface area (TPSA) is 88.1 Å². The van der Waals surface area contributed by atoms with Gasteiger partial charge in [0.15, 0.2) is 0 Å². The molecule has 7 nitrogen and oxygen atoms in total. The maximum Gasteiger partial charge on any atom is 0.350 e. The van der Waals surface area contributed by atoms with E-state index in [4.69, 9.17) is 14.2 Å². The van der Waals surface area contributed by atoms with Crippen LogP contribution in [-0.2, 0) is 14.3 Å². The molecular formula is C22H14O7. The molecule has 0 radical (unpaired) electrons. The molecule has 144 valence electrons. The first-order chi connectivity index (χ1) is 14.1. The van der Waals surface area contributed by atoms with Gasteiger partial charge in [-0.1, -0.05) is 24.3 Å². The summed E-state index contributed by atoms with van der Waals surface area (Å²) >= 11 is 0. The van der Waals surface area contributed by atoms with Crippen LogP contribution in [0.4, 0.5) is 0 Å². The molecule has 3 aliphatic rings. The van der Waals surface area contributed by atoms with Gasteiger partial charge in [0.25, 0.3) is 0 Å². The highest BCUT2D eigenvalue weighted by Crippen LogP contribution is 2.36. The molecule has 0 bridgehead atoms. The van der Waals surface area contributed by atoms with Crippen LogP contribution in [0.3, 0.4) is 0 Å². The first-order valence-electron chi connectivity index (χ1n) is 9.00. The van der Waals surface area contributed by atoms with E-state index in [-0.39, 0.29) is 41.3 Å². The predicted octanol–water partition coefficient (Wildman–Crippen LogP) is 3.41. The SMILES string of the molecule is O=C1OC(=O)c2c(Oc3cccc(OC4=CC=CC5C(=O)OCC45)c3)cccc21. The number of benzene rings is 2. The van der Waals surface area contributed by atoms with Crippen molar-refractivity contribution in [2.24, 2.45) is 11.8 Å². The van der Waals surface area contributed by atoms with Crippen LogP contribution in [-0.4, -0.2) is 24.5 Å². The molecule has 2 aromatic carbocycles. The number of cyclic esters (lactones) is 3. The van der Waals surface area contributed by atoms with Crippen molar-refractivity contribution in [3.05, 3.63) is 77.6 Å². The second-order valence-electron chi connectivity index (χ2n) is 6.75. The van der Waals surface area contributed by atoms with E-state index in [0.29, 0.717) is 17.3 Å². The van der Waals surface area contributed by atoms with E-state index in [2.05, 4.69) is 4.74 Å². The van der Waals surface area contributed by atoms with E-state index >= 15 is 0 Å². The molecule has 2 unspecified atom stereocenters. The fourth-order valence-corrected chi connectivity index (χ4v) is 3.56. The maximum atomic E-state index is 11.9. The predicted molar refractivity (Wildman–Crippen MR) is 98.5 cm³/mol. The van der Waals surface area contributed by atoms with Crippen molar-refractivity contribution in [1.82, 2.24) is 0 Å². The van der Waals surface area contributed by atoms with Gasteiger partial charge in [-0.3, -0.25) is 4.79 Å². The number of hydrogen-bond acceptors (Lipinski definition) is 7. The smallest absolute Gasteiger partial charge is 0.350 e. The molecule has 5 rings (SSSR count). The van der Waals surface area contributed by atoms with Crippen LogP contribution in [0.1, 0.15) is 20.7 Å². The van der Waals surface area contributed by atoms with Crippen molar-refractivity contribution in [3.63, 3.8) is 0 Å². The van der Waals surface area contributed by atoms with Crippen molar-refractivity contribution in [2.75, 3.05) is 6.61 Å². The number of allylic oxidation sites excluding steroid dienone is 2. The molecule has 29 heavy (non-hydrogen) atoms. The summed E-state index contributed by atoms with van der Waals surface area (Å²) in [5.74, 6) is -0.368. The molecule has 2 atom stereocenters. The molecule has 2 heterocycles. The van der Waals surface area contributed by atoms with Crippen molar-refractivity contribution in [3.8, 4) is 17.2 Å². The number of hydrogen-bond donors (Lipinski definition) is 0. The largest absolute Gasteiger partial charge is 0.464 e. The highest BCUT2D eigenvalue weighted by molar-refractivity contribution is 6.16. The van der Waals surface area contributed by atoms with Crippen LogP contribution in [0.15, 0.2) is 66.5 Å². The molecule has 1 fully saturated rings. The lowest BCUT2D eigenvalue weighted by molar-refractivity contribution is -0.140. The third-order valence-electron chi connectivity index (χ3n) is 4.96. The number of carbonyl (C=O) groups excluding carboxylic acids is 3. The quantitative estimate of drug-likeness (QED) is 0.584. The second kappa shape index (κ2) is 6.63. The van der Waals surface area contributed by atoms with Crippen LogP contribution in [0.5, 0.6) is 17.2 Å². The van der Waals surface area contributed by atoms with Gasteiger partial charge in [0.2, 0.25) is 0 Å². The molecule has 2 aromatic rings. The Balaban J connectivity index is 1.39. The summed E-state index contributed by atoms with van der Waals surface area (Å²) in [5.41, 5.74) is 0.282. The van der Waals surface area contributed by atoms with Gasteiger partial charge < -0.3 is 18.9 Å². The molecule has 1 aliphatic carbocycles. The third-order valence-corrected chi connectivity index (χ3v) is 4.96. The Kier molecular flexibility index (Phi) is 3.94. The van der Waals surface area contributed by atoms with E-state index in [1.165, 1.54) is 6.07 Å². The first-order valence-corrected chi connectivity index (χ1v) is 9.00. The zero-order valence-electron chi connectivity index (χ0n) is 15.0. The minimum absolute atomic E-state index is 0.105. The van der Waals surface area contributed by atoms with Crippen LogP contribution < -0.4 is 9.47 Å². The summed E-state index contributed by atoms with van der Waals surface area (Å²) in [6.07, 6.45) is 5.39. The van der Waals surface area contributed by atoms with Crippen LogP contribution in [0.25, 0.3) is 0 Å². The summed E-state index contributed by atoms with van der Waals surface area (Å²) in [6, 6.07) is 11.6. The number of esters is 3. The molecule has 0 saturated carbocycles. The zero-order chi connectivity index (χ0) is 20.0. The lowest BCUT2D eigenvalue weighted by Gasteiger charge is -2.20. The summed E-state index contributed by atoms with van der Waals surface area (Å²) in [7, 11) is 0. The first kappa shape index (κ1) is 17.2. The van der Waals surface area contributed by atoms with Gasteiger partial charge in [-0.05, 0) is 30.3 Å². The summed E-state index contributed by atoms with van der Waals surface area (Å²) in [5, 5.41) is 0. The van der Waals surface area contributed by atoms with Gasteiger partial charge in [0, 0.05) is 6.07 Å². The highest BCUT2D eigenvalue weighted by atomic mass is 16.6. The molecule has 0 N–H and O–H groups in total. The fraction of sp³-hybridized carbons (Fsp3) is 0.136. The standard InChI is InChI=1S/C22H14O7/c23-20-14-6-2-8-17(16(14)11-26-20)27-12-4-1-5-13(10-12)28-18-9-3-7-15-19(18)22(25)29-21(15)24/h1-10,14,16H,11H2. The third kappa shape index (κ3) is 2.97. The zero-order valence-corrected chi connectivity index (χ0v) is 15.0. The number of ether oxygens (including phenoxy) is 4. The second-order valence-corrected chi connectivity index (χ2v) is 6.75. The fourth-order valence-electron chi connectivity index (χ4n) is 3.56. The van der Waals surface area contributed by atoms with Gasteiger partial charge in [-0.25, -0.2) is 9.59 Å². The number of carbonyl (C=O) groups is 3. The lowest BCUT2D eigenvalue weighted by atomic mass is 9.89. The van der Waals surface area contributed by atoms with Crippen molar-refractivity contribution in [2.45, 2.75) is 0 Å². The molecule has 0 spiro atoms. The summed E-state index contributed by atoms with van der Waals surface area (Å²) in [6.45, 7) is 0.280. The normalized spacial score (nSPS) is 21.8. The molecular weight excluding hydrogens is 376 g/mol. The van der Waals surface area contributed by atoms with Gasteiger partial charge in [-0.15, -0.1) is 0 Å². The number of fused-ring (bicyclic) bond motifs is 2. The van der Waals surface area contributed by atoms with Gasteiger partial charge in [0.1, 0.15) is 35.2 Å². The minimum Gasteiger partial charge on any atom is -0.464 e. The number of rotatable bonds is 4. The van der Waals surface area contributed by atoms with Crippen molar-refractivity contribution < 1.29 is 33.3 Å². The Bertz CT molecular complexity index is 1110.